The quantitative estimate of drug-likeness (QED) is 0.796. The Morgan fingerprint density at radius 2 is 1.65 bits per heavy atom. The van der Waals surface area contributed by atoms with Gasteiger partial charge in [0.15, 0.2) is 11.5 Å². The van der Waals surface area contributed by atoms with Crippen LogP contribution in [0.3, 0.4) is 0 Å². The van der Waals surface area contributed by atoms with Crippen molar-refractivity contribution in [1.82, 2.24) is 5.32 Å². The lowest BCUT2D eigenvalue weighted by Crippen LogP contribution is -2.32. The molecular formula is C14H22N2O4. The molecule has 6 nitrogen and oxygen atoms in total. The molecule has 0 aliphatic rings. The number of methoxy groups -OCH3 is 3. The second kappa shape index (κ2) is 7.59. The zero-order valence-corrected chi connectivity index (χ0v) is 12.6. The van der Waals surface area contributed by atoms with Crippen LogP contribution in [-0.2, 0) is 4.79 Å². The molecule has 0 aromatic heterocycles. The van der Waals surface area contributed by atoms with E-state index in [2.05, 4.69) is 10.6 Å². The van der Waals surface area contributed by atoms with Gasteiger partial charge in [-0.3, -0.25) is 4.79 Å². The molecule has 0 saturated heterocycles. The van der Waals surface area contributed by atoms with E-state index < -0.39 is 0 Å². The van der Waals surface area contributed by atoms with Crippen molar-refractivity contribution in [1.29, 1.82) is 0 Å². The van der Waals surface area contributed by atoms with Crippen LogP contribution in [0.5, 0.6) is 17.2 Å². The van der Waals surface area contributed by atoms with Gasteiger partial charge in [-0.25, -0.2) is 0 Å². The standard InChI is InChI=1S/C14H22N2O4/c1-9(2)15-8-13(17)16-10-6-11(18-3)14(20-5)12(7-10)19-4/h6-7,9,15H,8H2,1-5H3,(H,16,17). The molecule has 0 aliphatic carbocycles. The lowest BCUT2D eigenvalue weighted by atomic mass is 10.2. The van der Waals surface area contributed by atoms with Crippen molar-refractivity contribution >= 4 is 11.6 Å². The first-order chi connectivity index (χ1) is 9.51. The molecule has 0 spiro atoms. The van der Waals surface area contributed by atoms with Crippen LogP contribution in [-0.4, -0.2) is 39.8 Å². The third-order valence-electron chi connectivity index (χ3n) is 2.62. The first-order valence-corrected chi connectivity index (χ1v) is 6.35. The topological polar surface area (TPSA) is 68.8 Å². The number of benzene rings is 1. The van der Waals surface area contributed by atoms with Crippen LogP contribution in [0.25, 0.3) is 0 Å². The first-order valence-electron chi connectivity index (χ1n) is 6.35. The van der Waals surface area contributed by atoms with E-state index in [1.807, 2.05) is 13.8 Å². The molecule has 0 heterocycles. The van der Waals surface area contributed by atoms with Crippen LogP contribution in [0, 0.1) is 0 Å². The predicted molar refractivity (Wildman–Crippen MR) is 77.9 cm³/mol. The van der Waals surface area contributed by atoms with E-state index in [9.17, 15) is 4.79 Å². The van der Waals surface area contributed by atoms with Gasteiger partial charge in [0.05, 0.1) is 27.9 Å². The van der Waals surface area contributed by atoms with E-state index in [4.69, 9.17) is 14.2 Å². The van der Waals surface area contributed by atoms with Gasteiger partial charge in [0.25, 0.3) is 0 Å². The SMILES string of the molecule is COc1cc(NC(=O)CNC(C)C)cc(OC)c1OC. The Kier molecular flexibility index (Phi) is 6.11. The number of carbonyl (C=O) groups is 1. The van der Waals surface area contributed by atoms with Crippen LogP contribution >= 0.6 is 0 Å². The summed E-state index contributed by atoms with van der Waals surface area (Å²) in [6.07, 6.45) is 0. The fourth-order valence-electron chi connectivity index (χ4n) is 1.66. The highest BCUT2D eigenvalue weighted by Gasteiger charge is 2.14. The second-order valence-corrected chi connectivity index (χ2v) is 4.50. The highest BCUT2D eigenvalue weighted by atomic mass is 16.5. The average Bonchev–Trinajstić information content (AvgIpc) is 2.43. The van der Waals surface area contributed by atoms with Crippen molar-refractivity contribution in [2.75, 3.05) is 33.2 Å². The zero-order chi connectivity index (χ0) is 15.1. The molecule has 0 bridgehead atoms. The molecule has 0 aliphatic heterocycles. The second-order valence-electron chi connectivity index (χ2n) is 4.50. The minimum absolute atomic E-state index is 0.132. The van der Waals surface area contributed by atoms with Crippen molar-refractivity contribution in [2.45, 2.75) is 19.9 Å². The fraction of sp³-hybridized carbons (Fsp3) is 0.500. The van der Waals surface area contributed by atoms with Gasteiger partial charge in [0.2, 0.25) is 11.7 Å². The molecule has 0 saturated carbocycles. The van der Waals surface area contributed by atoms with Gasteiger partial charge in [-0.1, -0.05) is 13.8 Å². The lowest BCUT2D eigenvalue weighted by molar-refractivity contribution is -0.115. The van der Waals surface area contributed by atoms with Gasteiger partial charge in [-0.05, 0) is 0 Å². The van der Waals surface area contributed by atoms with Gasteiger partial charge in [-0.2, -0.15) is 0 Å². The summed E-state index contributed by atoms with van der Waals surface area (Å²) in [5.41, 5.74) is 0.593. The fourth-order valence-corrected chi connectivity index (χ4v) is 1.66. The largest absolute Gasteiger partial charge is 0.493 e. The molecule has 2 N–H and O–H groups in total. The number of hydrogen-bond donors (Lipinski definition) is 2. The molecule has 1 amide bonds. The van der Waals surface area contributed by atoms with E-state index in [0.29, 0.717) is 22.9 Å². The van der Waals surface area contributed by atoms with Crippen LogP contribution in [0.15, 0.2) is 12.1 Å². The van der Waals surface area contributed by atoms with Crippen LogP contribution in [0.2, 0.25) is 0 Å². The number of hydrogen-bond acceptors (Lipinski definition) is 5. The molecule has 1 aromatic rings. The molecule has 0 atom stereocenters. The van der Waals surface area contributed by atoms with Gasteiger partial charge in [0.1, 0.15) is 0 Å². The molecule has 1 aromatic carbocycles. The number of nitrogens with one attached hydrogen (secondary N) is 2. The van der Waals surface area contributed by atoms with E-state index in [-0.39, 0.29) is 18.5 Å². The Morgan fingerprint density at radius 3 is 2.05 bits per heavy atom. The van der Waals surface area contributed by atoms with Gasteiger partial charge in [-0.15, -0.1) is 0 Å². The maximum atomic E-state index is 11.8. The van der Waals surface area contributed by atoms with Crippen molar-refractivity contribution in [3.63, 3.8) is 0 Å². The van der Waals surface area contributed by atoms with Crippen LogP contribution < -0.4 is 24.8 Å². The Balaban J connectivity index is 2.88. The zero-order valence-electron chi connectivity index (χ0n) is 12.6. The number of rotatable bonds is 7. The van der Waals surface area contributed by atoms with Crippen molar-refractivity contribution < 1.29 is 19.0 Å². The van der Waals surface area contributed by atoms with Crippen molar-refractivity contribution in [3.05, 3.63) is 12.1 Å². The maximum Gasteiger partial charge on any atom is 0.238 e. The summed E-state index contributed by atoms with van der Waals surface area (Å²) < 4.78 is 15.7. The van der Waals surface area contributed by atoms with E-state index in [0.717, 1.165) is 0 Å². The highest BCUT2D eigenvalue weighted by molar-refractivity contribution is 5.93. The molecule has 20 heavy (non-hydrogen) atoms. The highest BCUT2D eigenvalue weighted by Crippen LogP contribution is 2.39. The summed E-state index contributed by atoms with van der Waals surface area (Å²) in [5.74, 6) is 1.36. The molecule has 0 fully saturated rings. The molecule has 1 rings (SSSR count). The number of anilines is 1. The summed E-state index contributed by atoms with van der Waals surface area (Å²) >= 11 is 0. The molecule has 112 valence electrons. The summed E-state index contributed by atoms with van der Waals surface area (Å²) in [4.78, 5) is 11.8. The first kappa shape index (κ1) is 16.1. The Morgan fingerprint density at radius 1 is 1.10 bits per heavy atom. The van der Waals surface area contributed by atoms with Crippen LogP contribution in [0.1, 0.15) is 13.8 Å². The van der Waals surface area contributed by atoms with Crippen molar-refractivity contribution in [2.24, 2.45) is 0 Å². The Hall–Kier alpha value is -1.95. The number of carbonyl (C=O) groups excluding carboxylic acids is 1. The predicted octanol–water partition coefficient (Wildman–Crippen LogP) is 1.65. The average molecular weight is 282 g/mol. The monoisotopic (exact) mass is 282 g/mol. The molecule has 0 radical (unpaired) electrons. The third kappa shape index (κ3) is 4.31. The summed E-state index contributed by atoms with van der Waals surface area (Å²) in [5, 5.41) is 5.83. The number of amides is 1. The third-order valence-corrected chi connectivity index (χ3v) is 2.62. The molecule has 6 heteroatoms. The normalized spacial score (nSPS) is 10.3. The molecular weight excluding hydrogens is 260 g/mol. The van der Waals surface area contributed by atoms with E-state index >= 15 is 0 Å². The summed E-state index contributed by atoms with van der Waals surface area (Å²) in [6.45, 7) is 4.20. The minimum atomic E-state index is -0.132. The Labute approximate surface area is 119 Å². The molecule has 0 unspecified atom stereocenters. The maximum absolute atomic E-state index is 11.8. The van der Waals surface area contributed by atoms with Gasteiger partial charge < -0.3 is 24.8 Å². The van der Waals surface area contributed by atoms with Crippen molar-refractivity contribution in [3.8, 4) is 17.2 Å². The smallest absolute Gasteiger partial charge is 0.238 e. The number of ether oxygens (including phenoxy) is 3. The van der Waals surface area contributed by atoms with Gasteiger partial charge in [0, 0.05) is 23.9 Å². The lowest BCUT2D eigenvalue weighted by Gasteiger charge is -2.15. The van der Waals surface area contributed by atoms with Gasteiger partial charge >= 0.3 is 0 Å². The summed E-state index contributed by atoms with van der Waals surface area (Å²) in [7, 11) is 4.59. The van der Waals surface area contributed by atoms with E-state index in [1.165, 1.54) is 21.3 Å². The Bertz CT molecular complexity index is 435. The summed E-state index contributed by atoms with van der Waals surface area (Å²) in [6, 6.07) is 3.63. The minimum Gasteiger partial charge on any atom is -0.493 e. The van der Waals surface area contributed by atoms with E-state index in [1.54, 1.807) is 12.1 Å². The van der Waals surface area contributed by atoms with Crippen LogP contribution in [0.4, 0.5) is 5.69 Å².